The Labute approximate surface area is 41.1 Å². The smallest absolute Gasteiger partial charge is 0.0460 e. The van der Waals surface area contributed by atoms with Gasteiger partial charge in [-0.15, -0.1) is 6.58 Å². The Morgan fingerprint density at radius 3 is 2.50 bits per heavy atom. The Balaban J connectivity index is 2.96. The Morgan fingerprint density at radius 2 is 2.50 bits per heavy atom. The van der Waals surface area contributed by atoms with Crippen molar-refractivity contribution in [2.24, 2.45) is 0 Å². The van der Waals surface area contributed by atoms with Gasteiger partial charge in [-0.05, 0) is 5.54 Å². The fourth-order valence-electron chi connectivity index (χ4n) is 0.0745. The molecule has 0 radical (unpaired) electrons. The molecule has 0 aromatic rings. The predicted octanol–water partition coefficient (Wildman–Crippen LogP) is -0.681. The second-order valence-corrected chi connectivity index (χ2v) is 2.88. The summed E-state index contributed by atoms with van der Waals surface area (Å²) in [6, 6.07) is 0. The van der Waals surface area contributed by atoms with Gasteiger partial charge in [0.15, 0.2) is 0 Å². The third kappa shape index (κ3) is 2.17. The average molecular weight is 102 g/mol. The van der Waals surface area contributed by atoms with Crippen LogP contribution < -0.4 is 0 Å². The van der Waals surface area contributed by atoms with E-state index in [1.807, 2.05) is 0 Å². The normalized spacial score (nSPS) is 14.2. The van der Waals surface area contributed by atoms with Crippen molar-refractivity contribution in [2.75, 3.05) is 6.61 Å². The molecule has 1 nitrogen and oxygen atoms in total. The van der Waals surface area contributed by atoms with Crippen molar-refractivity contribution >= 4 is 10.2 Å². The van der Waals surface area contributed by atoms with E-state index in [0.717, 1.165) is 10.2 Å². The van der Waals surface area contributed by atoms with Gasteiger partial charge in [-0.1, -0.05) is 6.08 Å². The molecule has 0 fully saturated rings. The molecule has 0 rings (SSSR count). The van der Waals surface area contributed by atoms with Crippen LogP contribution in [0.1, 0.15) is 0 Å². The van der Waals surface area contributed by atoms with E-state index in [1.54, 1.807) is 6.08 Å². The van der Waals surface area contributed by atoms with Crippen LogP contribution in [-0.4, -0.2) is 22.0 Å². The van der Waals surface area contributed by atoms with Gasteiger partial charge in [-0.3, -0.25) is 0 Å². The second-order valence-electron chi connectivity index (χ2n) is 1.40. The Kier molecular flexibility index (Phi) is 3.08. The van der Waals surface area contributed by atoms with E-state index in [9.17, 15) is 0 Å². The summed E-state index contributed by atoms with van der Waals surface area (Å²) < 4.78 is 0. The molecular weight excluding hydrogens is 92.1 g/mol. The zero-order chi connectivity index (χ0) is 4.99. The summed E-state index contributed by atoms with van der Waals surface area (Å²) in [5, 5.41) is 8.30. The molecule has 1 atom stereocenters. The number of aliphatic hydroxyl groups excluding tert-OH is 1. The number of hydrogen-bond acceptors (Lipinski definition) is 1. The van der Waals surface area contributed by atoms with Crippen LogP contribution in [0.5, 0.6) is 0 Å². The molecule has 0 aliphatic rings. The van der Waals surface area contributed by atoms with Gasteiger partial charge in [0.1, 0.15) is 0 Å². The first-order valence-electron chi connectivity index (χ1n) is 2.04. The van der Waals surface area contributed by atoms with Crippen LogP contribution in [0.3, 0.4) is 0 Å². The fraction of sp³-hybridized carbons (Fsp3) is 0.500. The van der Waals surface area contributed by atoms with Gasteiger partial charge < -0.3 is 5.11 Å². The quantitative estimate of drug-likeness (QED) is 0.362. The van der Waals surface area contributed by atoms with E-state index < -0.39 is 0 Å². The van der Waals surface area contributed by atoms with Crippen molar-refractivity contribution in [2.45, 2.75) is 5.54 Å². The van der Waals surface area contributed by atoms with E-state index in [1.165, 1.54) is 0 Å². The molecule has 1 N–H and O–H groups in total. The van der Waals surface area contributed by atoms with Gasteiger partial charge in [0.2, 0.25) is 0 Å². The highest BCUT2D eigenvalue weighted by atomic mass is 28.1. The lowest BCUT2D eigenvalue weighted by Crippen LogP contribution is -1.91. The summed E-state index contributed by atoms with van der Waals surface area (Å²) >= 11 is 0. The van der Waals surface area contributed by atoms with Gasteiger partial charge in [0.25, 0.3) is 0 Å². The van der Waals surface area contributed by atoms with E-state index in [4.69, 9.17) is 5.11 Å². The van der Waals surface area contributed by atoms with Gasteiger partial charge >= 0.3 is 0 Å². The van der Waals surface area contributed by atoms with Crippen LogP contribution >= 0.6 is 0 Å². The molecule has 6 heavy (non-hydrogen) atoms. The number of hydrogen-bond donors (Lipinski definition) is 1. The van der Waals surface area contributed by atoms with Crippen molar-refractivity contribution in [1.29, 1.82) is 0 Å². The first kappa shape index (κ1) is 5.92. The van der Waals surface area contributed by atoms with Crippen LogP contribution in [0, 0.1) is 0 Å². The largest absolute Gasteiger partial charge is 0.396 e. The zero-order valence-corrected chi connectivity index (χ0v) is 6.02. The summed E-state index contributed by atoms with van der Waals surface area (Å²) in [4.78, 5) is 0. The van der Waals surface area contributed by atoms with Crippen LogP contribution in [0.4, 0.5) is 0 Å². The predicted molar refractivity (Wildman–Crippen MR) is 31.0 cm³/mol. The van der Waals surface area contributed by atoms with E-state index in [2.05, 4.69) is 6.58 Å². The summed E-state index contributed by atoms with van der Waals surface area (Å²) in [6.07, 6.45) is 1.78. The Bertz CT molecular complexity index is 44.8. The first-order chi connectivity index (χ1) is 2.81. The van der Waals surface area contributed by atoms with E-state index >= 15 is 0 Å². The molecule has 0 saturated carbocycles. The third-order valence-corrected chi connectivity index (χ3v) is 1.53. The molecule has 2 heteroatoms. The maximum atomic E-state index is 8.30. The molecule has 1 unspecified atom stereocenters. The van der Waals surface area contributed by atoms with E-state index in [0.29, 0.717) is 5.54 Å². The van der Waals surface area contributed by atoms with Gasteiger partial charge in [0, 0.05) is 16.8 Å². The van der Waals surface area contributed by atoms with Crippen molar-refractivity contribution in [1.82, 2.24) is 0 Å². The minimum Gasteiger partial charge on any atom is -0.396 e. The van der Waals surface area contributed by atoms with Crippen LogP contribution in [0.25, 0.3) is 0 Å². The maximum Gasteiger partial charge on any atom is 0.0460 e. The SMILES string of the molecule is C=CC([SiH3])CO. The highest BCUT2D eigenvalue weighted by Crippen LogP contribution is 1.92. The molecule has 0 saturated heterocycles. The topological polar surface area (TPSA) is 20.2 Å². The third-order valence-electron chi connectivity index (χ3n) is 0.690. The fourth-order valence-corrected chi connectivity index (χ4v) is 0.0745. The first-order valence-corrected chi connectivity index (χ1v) is 3.20. The lowest BCUT2D eigenvalue weighted by Gasteiger charge is -1.93. The highest BCUT2D eigenvalue weighted by Gasteiger charge is 1.86. The molecule has 0 amide bonds. The standard InChI is InChI=1S/C4H10OSi/c1-2-4(6)3-5/h2,4-5H,1,3H2,6H3. The number of aliphatic hydroxyl groups is 1. The molecular formula is C4H10OSi. The monoisotopic (exact) mass is 102 g/mol. The molecule has 0 bridgehead atoms. The Hall–Kier alpha value is -0.0831. The van der Waals surface area contributed by atoms with Crippen molar-refractivity contribution in [3.05, 3.63) is 12.7 Å². The van der Waals surface area contributed by atoms with Crippen molar-refractivity contribution < 1.29 is 5.11 Å². The summed E-state index contributed by atoms with van der Waals surface area (Å²) in [6.45, 7) is 3.78. The minimum absolute atomic E-state index is 0.274. The Morgan fingerprint density at radius 1 is 2.00 bits per heavy atom. The van der Waals surface area contributed by atoms with Crippen LogP contribution in [0.2, 0.25) is 5.54 Å². The summed E-state index contributed by atoms with van der Waals surface area (Å²) in [5.74, 6) is 0. The number of rotatable bonds is 2. The maximum absolute atomic E-state index is 8.30. The van der Waals surface area contributed by atoms with Gasteiger partial charge in [0.05, 0.1) is 0 Å². The molecule has 36 valence electrons. The van der Waals surface area contributed by atoms with Crippen LogP contribution in [0.15, 0.2) is 12.7 Å². The second kappa shape index (κ2) is 3.12. The lowest BCUT2D eigenvalue weighted by molar-refractivity contribution is 0.303. The molecule has 0 spiro atoms. The summed E-state index contributed by atoms with van der Waals surface area (Å²) in [5.41, 5.74) is 0.394. The van der Waals surface area contributed by atoms with Crippen molar-refractivity contribution in [3.63, 3.8) is 0 Å². The lowest BCUT2D eigenvalue weighted by atomic mass is 10.4. The zero-order valence-electron chi connectivity index (χ0n) is 4.02. The van der Waals surface area contributed by atoms with Crippen molar-refractivity contribution in [3.8, 4) is 0 Å². The summed E-state index contributed by atoms with van der Waals surface area (Å²) in [7, 11) is 1.02. The van der Waals surface area contributed by atoms with E-state index in [-0.39, 0.29) is 6.61 Å². The molecule has 0 aliphatic heterocycles. The molecule has 0 aromatic heterocycles. The molecule has 0 aliphatic carbocycles. The van der Waals surface area contributed by atoms with Crippen LogP contribution in [-0.2, 0) is 0 Å². The average Bonchev–Trinajstić information content (AvgIpc) is 1.65. The minimum atomic E-state index is 0.274. The van der Waals surface area contributed by atoms with Gasteiger partial charge in [-0.25, -0.2) is 0 Å². The molecule has 0 aromatic carbocycles. The molecule has 0 heterocycles. The highest BCUT2D eigenvalue weighted by molar-refractivity contribution is 6.12. The van der Waals surface area contributed by atoms with Gasteiger partial charge in [-0.2, -0.15) is 0 Å².